The van der Waals surface area contributed by atoms with Gasteiger partial charge in [-0.25, -0.2) is 4.68 Å². The maximum Gasteiger partial charge on any atom is 0.190 e. The van der Waals surface area contributed by atoms with Crippen LogP contribution < -0.4 is 4.74 Å². The minimum absolute atomic E-state index is 0.304. The highest BCUT2D eigenvalue weighted by Gasteiger charge is 2.05. The maximum atomic E-state index is 5.51. The molecule has 0 aliphatic heterocycles. The highest BCUT2D eigenvalue weighted by atomic mass is 16.5. The van der Waals surface area contributed by atoms with Crippen LogP contribution in [0, 0.1) is 12.3 Å². The normalized spacial score (nSPS) is 9.69. The number of ether oxygens (including phenoxy) is 1. The molecule has 2 rings (SSSR count). The van der Waals surface area contributed by atoms with Crippen LogP contribution in [0.1, 0.15) is 5.82 Å². The van der Waals surface area contributed by atoms with E-state index in [9.17, 15) is 0 Å². The number of terminal acetylenes is 1. The van der Waals surface area contributed by atoms with Crippen LogP contribution in [0.15, 0.2) is 30.3 Å². The van der Waals surface area contributed by atoms with Crippen LogP contribution in [0.2, 0.25) is 0 Å². The van der Waals surface area contributed by atoms with E-state index in [1.54, 1.807) is 0 Å². The lowest BCUT2D eigenvalue weighted by atomic mass is 10.3. The lowest BCUT2D eigenvalue weighted by molar-refractivity contribution is 0.288. The van der Waals surface area contributed by atoms with Crippen molar-refractivity contribution in [3.8, 4) is 18.1 Å². The molecule has 2 aromatic rings. The Morgan fingerprint density at radius 1 is 1.31 bits per heavy atom. The predicted molar refractivity (Wildman–Crippen MR) is 57.4 cm³/mol. The lowest BCUT2D eigenvalue weighted by Gasteiger charge is -2.04. The largest absolute Gasteiger partial charge is 0.486 e. The molecule has 0 fully saturated rings. The third-order valence-electron chi connectivity index (χ3n) is 1.96. The standard InChI is InChI=1S/C11H10N4O/c1-2-8-15-11(12-13-14-15)9-16-10-6-4-3-5-7-10/h1,3-7H,8-9H2. The number of tetrazole rings is 1. The highest BCUT2D eigenvalue weighted by Crippen LogP contribution is 2.09. The summed E-state index contributed by atoms with van der Waals surface area (Å²) in [5.74, 6) is 3.86. The van der Waals surface area contributed by atoms with Crippen molar-refractivity contribution in [3.05, 3.63) is 36.2 Å². The van der Waals surface area contributed by atoms with Gasteiger partial charge in [0.05, 0.1) is 0 Å². The fourth-order valence-corrected chi connectivity index (χ4v) is 1.20. The predicted octanol–water partition coefficient (Wildman–Crippen LogP) is 0.885. The molecular weight excluding hydrogens is 204 g/mol. The number of aromatic nitrogens is 4. The highest BCUT2D eigenvalue weighted by molar-refractivity contribution is 5.20. The van der Waals surface area contributed by atoms with E-state index in [4.69, 9.17) is 11.2 Å². The molecule has 16 heavy (non-hydrogen) atoms. The van der Waals surface area contributed by atoms with Gasteiger partial charge in [-0.3, -0.25) is 0 Å². The first-order valence-corrected chi connectivity index (χ1v) is 4.76. The fraction of sp³-hybridized carbons (Fsp3) is 0.182. The van der Waals surface area contributed by atoms with Gasteiger partial charge in [0.1, 0.15) is 18.9 Å². The zero-order valence-corrected chi connectivity index (χ0v) is 8.58. The molecule has 0 unspecified atom stereocenters. The molecule has 0 bridgehead atoms. The Labute approximate surface area is 93.0 Å². The first-order valence-electron chi connectivity index (χ1n) is 4.76. The van der Waals surface area contributed by atoms with Crippen LogP contribution in [0.4, 0.5) is 0 Å². The third-order valence-corrected chi connectivity index (χ3v) is 1.96. The van der Waals surface area contributed by atoms with E-state index in [1.807, 2.05) is 30.3 Å². The zero-order chi connectivity index (χ0) is 11.2. The molecule has 0 radical (unpaired) electrons. The topological polar surface area (TPSA) is 52.8 Å². The summed E-state index contributed by atoms with van der Waals surface area (Å²) in [6.07, 6.45) is 5.19. The Kier molecular flexibility index (Phi) is 3.14. The van der Waals surface area contributed by atoms with Gasteiger partial charge in [0.2, 0.25) is 0 Å². The molecule has 0 N–H and O–H groups in total. The summed E-state index contributed by atoms with van der Waals surface area (Å²) >= 11 is 0. The first kappa shape index (κ1) is 10.2. The minimum atomic E-state index is 0.304. The average molecular weight is 214 g/mol. The van der Waals surface area contributed by atoms with Crippen molar-refractivity contribution < 1.29 is 4.74 Å². The summed E-state index contributed by atoms with van der Waals surface area (Å²) < 4.78 is 7.04. The Bertz CT molecular complexity index is 486. The van der Waals surface area contributed by atoms with Gasteiger partial charge in [-0.1, -0.05) is 24.1 Å². The van der Waals surface area contributed by atoms with E-state index in [-0.39, 0.29) is 0 Å². The Balaban J connectivity index is 2.00. The molecule has 0 atom stereocenters. The summed E-state index contributed by atoms with van der Waals surface area (Å²) in [5.41, 5.74) is 0. The number of rotatable bonds is 4. The molecule has 0 saturated heterocycles. The molecule has 1 heterocycles. The van der Waals surface area contributed by atoms with Gasteiger partial charge in [-0.05, 0) is 22.6 Å². The molecule has 0 aliphatic carbocycles. The number of hydrogen-bond donors (Lipinski definition) is 0. The van der Waals surface area contributed by atoms with E-state index >= 15 is 0 Å². The Morgan fingerprint density at radius 3 is 2.88 bits per heavy atom. The minimum Gasteiger partial charge on any atom is -0.486 e. The molecule has 1 aromatic heterocycles. The summed E-state index contributed by atoms with van der Waals surface area (Å²) in [6.45, 7) is 0.652. The van der Waals surface area contributed by atoms with Crippen molar-refractivity contribution in [1.82, 2.24) is 20.2 Å². The van der Waals surface area contributed by atoms with E-state index in [2.05, 4.69) is 21.4 Å². The summed E-state index contributed by atoms with van der Waals surface area (Å²) in [6, 6.07) is 9.47. The zero-order valence-electron chi connectivity index (χ0n) is 8.58. The molecule has 0 aliphatic rings. The van der Waals surface area contributed by atoms with Crippen molar-refractivity contribution in [2.45, 2.75) is 13.2 Å². The van der Waals surface area contributed by atoms with Crippen molar-refractivity contribution >= 4 is 0 Å². The molecule has 0 saturated carbocycles. The van der Waals surface area contributed by atoms with Crippen molar-refractivity contribution in [2.24, 2.45) is 0 Å². The Morgan fingerprint density at radius 2 is 2.12 bits per heavy atom. The molecule has 5 heteroatoms. The van der Waals surface area contributed by atoms with Crippen LogP contribution in [0.5, 0.6) is 5.75 Å². The van der Waals surface area contributed by atoms with Crippen LogP contribution in [-0.2, 0) is 13.2 Å². The third kappa shape index (κ3) is 2.36. The number of benzene rings is 1. The van der Waals surface area contributed by atoms with E-state index in [0.29, 0.717) is 19.0 Å². The van der Waals surface area contributed by atoms with Gasteiger partial charge in [0, 0.05) is 0 Å². The number of para-hydroxylation sites is 1. The van der Waals surface area contributed by atoms with Gasteiger partial charge in [-0.2, -0.15) is 0 Å². The van der Waals surface area contributed by atoms with Gasteiger partial charge in [0.25, 0.3) is 0 Å². The number of hydrogen-bond acceptors (Lipinski definition) is 4. The van der Waals surface area contributed by atoms with Gasteiger partial charge >= 0.3 is 0 Å². The van der Waals surface area contributed by atoms with E-state index in [0.717, 1.165) is 5.75 Å². The van der Waals surface area contributed by atoms with Crippen LogP contribution >= 0.6 is 0 Å². The smallest absolute Gasteiger partial charge is 0.190 e. The number of nitrogens with zero attached hydrogens (tertiary/aromatic N) is 4. The van der Waals surface area contributed by atoms with Crippen molar-refractivity contribution in [3.63, 3.8) is 0 Å². The van der Waals surface area contributed by atoms with Gasteiger partial charge in [-0.15, -0.1) is 11.5 Å². The molecule has 0 amide bonds. The molecule has 1 aromatic carbocycles. The van der Waals surface area contributed by atoms with E-state index < -0.39 is 0 Å². The molecule has 0 spiro atoms. The maximum absolute atomic E-state index is 5.51. The van der Waals surface area contributed by atoms with Gasteiger partial charge in [0.15, 0.2) is 5.82 Å². The van der Waals surface area contributed by atoms with Crippen LogP contribution in [0.3, 0.4) is 0 Å². The molecule has 80 valence electrons. The molecular formula is C11H10N4O. The average Bonchev–Trinajstić information content (AvgIpc) is 2.76. The monoisotopic (exact) mass is 214 g/mol. The Hall–Kier alpha value is -2.35. The summed E-state index contributed by atoms with van der Waals surface area (Å²) in [7, 11) is 0. The van der Waals surface area contributed by atoms with Gasteiger partial charge < -0.3 is 4.74 Å². The molecule has 5 nitrogen and oxygen atoms in total. The van der Waals surface area contributed by atoms with E-state index in [1.165, 1.54) is 4.68 Å². The second-order valence-electron chi connectivity index (χ2n) is 3.06. The summed E-state index contributed by atoms with van der Waals surface area (Å²) in [5, 5.41) is 11.1. The van der Waals surface area contributed by atoms with Crippen molar-refractivity contribution in [1.29, 1.82) is 0 Å². The van der Waals surface area contributed by atoms with Crippen LogP contribution in [-0.4, -0.2) is 20.2 Å². The second-order valence-corrected chi connectivity index (χ2v) is 3.06. The van der Waals surface area contributed by atoms with Crippen molar-refractivity contribution in [2.75, 3.05) is 0 Å². The summed E-state index contributed by atoms with van der Waals surface area (Å²) in [4.78, 5) is 0. The quantitative estimate of drug-likeness (QED) is 0.709. The SMILES string of the molecule is C#CCn1nnnc1COc1ccccc1. The fourth-order valence-electron chi connectivity index (χ4n) is 1.20. The van der Waals surface area contributed by atoms with Crippen LogP contribution in [0.25, 0.3) is 0 Å². The first-order chi connectivity index (χ1) is 7.90. The lowest BCUT2D eigenvalue weighted by Crippen LogP contribution is -2.07. The second kappa shape index (κ2) is 4.94.